The van der Waals surface area contributed by atoms with Crippen molar-refractivity contribution in [2.45, 2.75) is 52.5 Å². The van der Waals surface area contributed by atoms with Crippen LogP contribution in [-0.2, 0) is 12.8 Å². The van der Waals surface area contributed by atoms with E-state index >= 15 is 0 Å². The van der Waals surface area contributed by atoms with Gasteiger partial charge in [0, 0.05) is 17.4 Å². The number of phenolic OH excluding ortho intramolecular Hbond substituents is 1. The molecule has 0 aromatic heterocycles. The predicted octanol–water partition coefficient (Wildman–Crippen LogP) is 1.47. The van der Waals surface area contributed by atoms with Crippen molar-refractivity contribution in [2.24, 2.45) is 5.92 Å². The molecule has 2 unspecified atom stereocenters. The molecule has 2 aliphatic rings. The SMILES string of the molecule is [B]C([B])([B])C1=CC2c3c(O)cc(CCc4ccccc4)cc3OC(C([B])([B])[B])(C([B])([B])[B])C2CC1. The molecule has 154 valence electrons. The quantitative estimate of drug-likeness (QED) is 0.549. The first-order chi connectivity index (χ1) is 16.1. The van der Waals surface area contributed by atoms with Gasteiger partial charge < -0.3 is 9.84 Å². The molecule has 0 bridgehead atoms. The summed E-state index contributed by atoms with van der Waals surface area (Å²) in [6, 6.07) is 13.5. The molecule has 1 N–H and O–H groups in total. The van der Waals surface area contributed by atoms with E-state index < -0.39 is 32.8 Å². The van der Waals surface area contributed by atoms with Crippen molar-refractivity contribution in [1.82, 2.24) is 0 Å². The lowest BCUT2D eigenvalue weighted by atomic mass is 9.20. The van der Waals surface area contributed by atoms with Gasteiger partial charge in [-0.1, -0.05) is 52.2 Å². The first-order valence-electron chi connectivity index (χ1n) is 11.5. The van der Waals surface area contributed by atoms with Gasteiger partial charge in [0.15, 0.2) is 0 Å². The van der Waals surface area contributed by atoms with E-state index in [4.69, 9.17) is 75.4 Å². The van der Waals surface area contributed by atoms with Gasteiger partial charge in [-0.05, 0) is 48.9 Å². The largest absolute Gasteiger partial charge is 0.507 e. The van der Waals surface area contributed by atoms with Crippen molar-refractivity contribution < 1.29 is 9.84 Å². The Kier molecular flexibility index (Phi) is 6.82. The lowest BCUT2D eigenvalue weighted by Crippen LogP contribution is -2.66. The van der Waals surface area contributed by atoms with Gasteiger partial charge in [0.05, 0.1) is 76.2 Å². The number of hydrogen-bond acceptors (Lipinski definition) is 2. The molecule has 1 aliphatic heterocycles. The van der Waals surface area contributed by atoms with Crippen LogP contribution in [0.15, 0.2) is 54.1 Å². The van der Waals surface area contributed by atoms with Crippen LogP contribution in [-0.4, -0.2) is 81.3 Å². The zero-order valence-corrected chi connectivity index (χ0v) is 19.7. The summed E-state index contributed by atoms with van der Waals surface area (Å²) >= 11 is 0. The third kappa shape index (κ3) is 4.74. The van der Waals surface area contributed by atoms with Crippen molar-refractivity contribution in [3.63, 3.8) is 0 Å². The summed E-state index contributed by atoms with van der Waals surface area (Å²) in [5, 5.41) is 5.50. The van der Waals surface area contributed by atoms with Crippen molar-refractivity contribution in [1.29, 1.82) is 0 Å². The number of ether oxygens (including phenoxy) is 1. The van der Waals surface area contributed by atoms with Crippen LogP contribution in [0.2, 0.25) is 15.3 Å². The van der Waals surface area contributed by atoms with Crippen molar-refractivity contribution in [2.75, 3.05) is 0 Å². The molecular weight excluding hydrogens is 418 g/mol. The Labute approximate surface area is 220 Å². The van der Waals surface area contributed by atoms with E-state index in [1.165, 1.54) is 0 Å². The Morgan fingerprint density at radius 1 is 0.857 bits per heavy atom. The summed E-state index contributed by atoms with van der Waals surface area (Å²) in [6.45, 7) is 0. The highest BCUT2D eigenvalue weighted by molar-refractivity contribution is 6.65. The Bertz CT molecular complexity index is 1100. The number of phenols is 1. The van der Waals surface area contributed by atoms with E-state index in [0.29, 0.717) is 30.4 Å². The molecule has 35 heavy (non-hydrogen) atoms. The summed E-state index contributed by atoms with van der Waals surface area (Å²) in [5.74, 6) is -0.871. The predicted molar refractivity (Wildman–Crippen MR) is 149 cm³/mol. The van der Waals surface area contributed by atoms with E-state index in [1.807, 2.05) is 30.3 Å². The number of aromatic hydroxyl groups is 1. The second-order valence-corrected chi connectivity index (χ2v) is 10.0. The minimum atomic E-state index is -2.04. The van der Waals surface area contributed by atoms with Crippen LogP contribution < -0.4 is 4.74 Å². The Hall–Kier alpha value is -1.64. The van der Waals surface area contributed by atoms with Gasteiger partial charge in [-0.15, -0.1) is 5.11 Å². The van der Waals surface area contributed by atoms with Gasteiger partial charge in [0.25, 0.3) is 0 Å². The summed E-state index contributed by atoms with van der Waals surface area (Å²) < 4.78 is 6.38. The van der Waals surface area contributed by atoms with Crippen LogP contribution in [0.4, 0.5) is 0 Å². The minimum absolute atomic E-state index is 0.0247. The van der Waals surface area contributed by atoms with Crippen LogP contribution in [0.25, 0.3) is 0 Å². The molecule has 0 spiro atoms. The fourth-order valence-corrected chi connectivity index (χ4v) is 5.62. The van der Waals surface area contributed by atoms with Gasteiger partial charge >= 0.3 is 0 Å². The molecule has 1 heterocycles. The molecule has 0 saturated carbocycles. The third-order valence-corrected chi connectivity index (χ3v) is 7.23. The Morgan fingerprint density at radius 2 is 1.46 bits per heavy atom. The van der Waals surface area contributed by atoms with E-state index in [0.717, 1.165) is 17.5 Å². The summed E-state index contributed by atoms with van der Waals surface area (Å²) in [5.41, 5.74) is 1.23. The van der Waals surface area contributed by atoms with Crippen LogP contribution in [0.3, 0.4) is 0 Å². The fourth-order valence-electron chi connectivity index (χ4n) is 5.62. The van der Waals surface area contributed by atoms with Gasteiger partial charge in [-0.25, -0.2) is 0 Å². The molecular formula is C24H19B9O2. The van der Waals surface area contributed by atoms with Crippen molar-refractivity contribution >= 4 is 70.6 Å². The maximum Gasteiger partial charge on any atom is 0.127 e. The van der Waals surface area contributed by atoms with Crippen LogP contribution >= 0.6 is 0 Å². The average Bonchev–Trinajstić information content (AvgIpc) is 2.75. The van der Waals surface area contributed by atoms with E-state index in [1.54, 1.807) is 18.2 Å². The van der Waals surface area contributed by atoms with E-state index in [9.17, 15) is 5.11 Å². The van der Waals surface area contributed by atoms with Gasteiger partial charge in [0.2, 0.25) is 0 Å². The monoisotopic (exact) mass is 438 g/mol. The van der Waals surface area contributed by atoms with Crippen LogP contribution in [0.5, 0.6) is 11.5 Å². The Balaban J connectivity index is 1.86. The second kappa shape index (κ2) is 9.03. The number of aryl methyl sites for hydroxylation is 2. The highest BCUT2D eigenvalue weighted by atomic mass is 16.5. The van der Waals surface area contributed by atoms with Gasteiger partial charge in [-0.3, -0.25) is 0 Å². The van der Waals surface area contributed by atoms with Crippen molar-refractivity contribution in [3.05, 3.63) is 70.8 Å². The molecule has 0 fully saturated rings. The molecule has 2 aromatic rings. The lowest BCUT2D eigenvalue weighted by molar-refractivity contribution is -0.0212. The molecule has 2 atom stereocenters. The third-order valence-electron chi connectivity index (χ3n) is 7.23. The summed E-state index contributed by atoms with van der Waals surface area (Å²) in [6.07, 6.45) is 3.91. The number of benzene rings is 2. The normalized spacial score (nSPS) is 21.8. The first-order valence-corrected chi connectivity index (χ1v) is 11.5. The first kappa shape index (κ1) is 26.4. The van der Waals surface area contributed by atoms with Gasteiger partial charge in [0.1, 0.15) is 11.5 Å². The number of fused-ring (bicyclic) bond motifs is 3. The average molecular weight is 437 g/mol. The number of hydrogen-bond donors (Lipinski definition) is 1. The topological polar surface area (TPSA) is 29.5 Å². The molecule has 1 aliphatic carbocycles. The second-order valence-electron chi connectivity index (χ2n) is 10.0. The minimum Gasteiger partial charge on any atom is -0.507 e. The number of rotatable bonds is 6. The molecule has 0 saturated heterocycles. The smallest absolute Gasteiger partial charge is 0.127 e. The summed E-state index contributed by atoms with van der Waals surface area (Å²) in [7, 11) is 55.5. The van der Waals surface area contributed by atoms with E-state index in [2.05, 4.69) is 0 Å². The van der Waals surface area contributed by atoms with E-state index in [-0.39, 0.29) is 11.5 Å². The molecule has 4 rings (SSSR count). The van der Waals surface area contributed by atoms with Crippen LogP contribution in [0, 0.1) is 5.92 Å². The van der Waals surface area contributed by atoms with Crippen LogP contribution in [0.1, 0.15) is 35.4 Å². The van der Waals surface area contributed by atoms with Gasteiger partial charge in [-0.2, -0.15) is 0 Å². The Morgan fingerprint density at radius 3 is 2.03 bits per heavy atom. The highest BCUT2D eigenvalue weighted by Crippen LogP contribution is 2.63. The standard InChI is InChI=1S/C24H19B9O2/c25-22(26,27)15-8-9-17-16(12-15)20-18(34)10-14(7-6-13-4-2-1-3-5-13)11-19(20)35-21(17,23(28,29)30)24(31,32)33/h1-5,10-12,16-17,34H,6-9H2. The number of allylic oxidation sites excluding steroid dienone is 2. The zero-order chi connectivity index (χ0) is 25.8. The van der Waals surface area contributed by atoms with Crippen molar-refractivity contribution in [3.8, 4) is 11.5 Å². The molecule has 18 radical (unpaired) electrons. The molecule has 2 nitrogen and oxygen atoms in total. The molecule has 2 aromatic carbocycles. The highest BCUT2D eigenvalue weighted by Gasteiger charge is 2.60. The fraction of sp³-hybridized carbons (Fsp3) is 0.417. The molecule has 0 amide bonds. The molecule has 11 heteroatoms. The maximum atomic E-state index is 11.1. The lowest BCUT2D eigenvalue weighted by Gasteiger charge is -2.64. The summed E-state index contributed by atoms with van der Waals surface area (Å²) in [4.78, 5) is 0. The zero-order valence-electron chi connectivity index (χ0n) is 19.7. The maximum absolute atomic E-state index is 11.1.